The number of carbonyl (C=O) groups is 1. The molecule has 2 heterocycles. The number of aromatic nitrogens is 3. The minimum atomic E-state index is -0.0240. The van der Waals surface area contributed by atoms with E-state index < -0.39 is 0 Å². The smallest absolute Gasteiger partial charge is 0.240 e. The Bertz CT molecular complexity index is 812. The molecule has 140 valence electrons. The molecule has 0 spiro atoms. The first-order valence-electron chi connectivity index (χ1n) is 9.30. The lowest BCUT2D eigenvalue weighted by atomic mass is 9.99. The molecule has 2 N–H and O–H groups in total. The van der Waals surface area contributed by atoms with Crippen LogP contribution in [-0.2, 0) is 30.7 Å². The fraction of sp³-hybridized carbons (Fsp3) is 0.526. The lowest BCUT2D eigenvalue weighted by molar-refractivity contribution is -0.122. The first-order chi connectivity index (χ1) is 12.6. The molecule has 0 fully saturated rings. The van der Waals surface area contributed by atoms with Crippen LogP contribution in [0.4, 0.5) is 0 Å². The first-order valence-corrected chi connectivity index (χ1v) is 9.71. The maximum atomic E-state index is 12.4. The Balaban J connectivity index is 1.52. The van der Waals surface area contributed by atoms with Gasteiger partial charge in [-0.05, 0) is 43.1 Å². The highest BCUT2D eigenvalue weighted by Gasteiger charge is 2.20. The molecular weight excluding hydrogens is 346 g/mol. The molecule has 3 rings (SSSR count). The van der Waals surface area contributed by atoms with Crippen molar-refractivity contribution in [2.24, 2.45) is 0 Å². The van der Waals surface area contributed by atoms with E-state index in [0.29, 0.717) is 17.4 Å². The Morgan fingerprint density at radius 3 is 2.92 bits per heavy atom. The van der Waals surface area contributed by atoms with Crippen molar-refractivity contribution in [3.05, 3.63) is 46.0 Å². The van der Waals surface area contributed by atoms with Crippen LogP contribution in [-0.4, -0.2) is 44.7 Å². The van der Waals surface area contributed by atoms with Crippen molar-refractivity contribution in [1.29, 1.82) is 0 Å². The molecule has 1 amide bonds. The Morgan fingerprint density at radius 2 is 2.15 bits per heavy atom. The summed E-state index contributed by atoms with van der Waals surface area (Å²) in [5.74, 6) is 0.817. The molecule has 2 aromatic rings. The highest BCUT2D eigenvalue weighted by molar-refractivity contribution is 7.71. The monoisotopic (exact) mass is 373 g/mol. The SMILES string of the molecule is CCCc1n[nH]c(=S)n1CC(=O)NCC(C)N1CCc2ccccc2C1. The van der Waals surface area contributed by atoms with Gasteiger partial charge in [-0.3, -0.25) is 19.4 Å². The minimum absolute atomic E-state index is 0.0240. The lowest BCUT2D eigenvalue weighted by Gasteiger charge is -2.33. The number of aromatic amines is 1. The number of rotatable bonds is 7. The van der Waals surface area contributed by atoms with Crippen LogP contribution in [0.25, 0.3) is 0 Å². The van der Waals surface area contributed by atoms with E-state index in [4.69, 9.17) is 12.2 Å². The Hall–Kier alpha value is -1.99. The number of nitrogens with one attached hydrogen (secondary N) is 2. The molecule has 1 aliphatic rings. The molecule has 1 unspecified atom stereocenters. The molecule has 0 saturated heterocycles. The molecule has 1 aromatic heterocycles. The van der Waals surface area contributed by atoms with Gasteiger partial charge in [0.1, 0.15) is 12.4 Å². The Labute approximate surface area is 159 Å². The van der Waals surface area contributed by atoms with Crippen molar-refractivity contribution in [2.75, 3.05) is 13.1 Å². The van der Waals surface area contributed by atoms with Crippen molar-refractivity contribution in [1.82, 2.24) is 25.0 Å². The second-order valence-electron chi connectivity index (χ2n) is 6.92. The van der Waals surface area contributed by atoms with Crippen molar-refractivity contribution in [3.63, 3.8) is 0 Å². The summed E-state index contributed by atoms with van der Waals surface area (Å²) in [6, 6.07) is 8.90. The summed E-state index contributed by atoms with van der Waals surface area (Å²) in [6.07, 6.45) is 2.84. The van der Waals surface area contributed by atoms with Gasteiger partial charge in [-0.1, -0.05) is 31.2 Å². The summed E-state index contributed by atoms with van der Waals surface area (Å²) in [5.41, 5.74) is 2.84. The fourth-order valence-electron chi connectivity index (χ4n) is 3.41. The second kappa shape index (κ2) is 8.60. The standard InChI is InChI=1S/C19H27N5OS/c1-3-6-17-21-22-19(26)24(17)13-18(25)20-11-14(2)23-10-9-15-7-4-5-8-16(15)12-23/h4-5,7-8,14H,3,6,9-13H2,1-2H3,(H,20,25)(H,22,26). The number of H-pyrrole nitrogens is 1. The van der Waals surface area contributed by atoms with Crippen LogP contribution in [0.3, 0.4) is 0 Å². The van der Waals surface area contributed by atoms with Gasteiger partial charge in [-0.15, -0.1) is 0 Å². The van der Waals surface area contributed by atoms with Gasteiger partial charge in [0.25, 0.3) is 0 Å². The van der Waals surface area contributed by atoms with E-state index in [9.17, 15) is 4.79 Å². The maximum absolute atomic E-state index is 12.4. The summed E-state index contributed by atoms with van der Waals surface area (Å²) in [6.45, 7) is 7.08. The molecule has 1 atom stereocenters. The van der Waals surface area contributed by atoms with Crippen LogP contribution in [0.15, 0.2) is 24.3 Å². The molecule has 0 radical (unpaired) electrons. The molecule has 0 saturated carbocycles. The number of fused-ring (bicyclic) bond motifs is 1. The average molecular weight is 374 g/mol. The summed E-state index contributed by atoms with van der Waals surface area (Å²) >= 11 is 5.24. The largest absolute Gasteiger partial charge is 0.353 e. The van der Waals surface area contributed by atoms with Crippen LogP contribution >= 0.6 is 12.2 Å². The average Bonchev–Trinajstić information content (AvgIpc) is 2.99. The van der Waals surface area contributed by atoms with Crippen molar-refractivity contribution >= 4 is 18.1 Å². The van der Waals surface area contributed by atoms with E-state index >= 15 is 0 Å². The lowest BCUT2D eigenvalue weighted by Crippen LogP contribution is -2.45. The second-order valence-corrected chi connectivity index (χ2v) is 7.31. The molecule has 6 nitrogen and oxygen atoms in total. The topological polar surface area (TPSA) is 66.0 Å². The van der Waals surface area contributed by atoms with Crippen molar-refractivity contribution in [2.45, 2.75) is 52.2 Å². The van der Waals surface area contributed by atoms with Gasteiger partial charge in [0.2, 0.25) is 5.91 Å². The number of hydrogen-bond acceptors (Lipinski definition) is 4. The van der Waals surface area contributed by atoms with Crippen LogP contribution in [0.1, 0.15) is 37.2 Å². The van der Waals surface area contributed by atoms with Crippen molar-refractivity contribution < 1.29 is 4.79 Å². The third kappa shape index (κ3) is 4.40. The zero-order valence-electron chi connectivity index (χ0n) is 15.5. The van der Waals surface area contributed by atoms with E-state index in [2.05, 4.69) is 58.5 Å². The van der Waals surface area contributed by atoms with Crippen molar-refractivity contribution in [3.8, 4) is 0 Å². The maximum Gasteiger partial charge on any atom is 0.240 e. The molecular formula is C19H27N5OS. The van der Waals surface area contributed by atoms with E-state index in [0.717, 1.165) is 38.2 Å². The first kappa shape index (κ1) is 18.8. The van der Waals surface area contributed by atoms with Gasteiger partial charge in [0.15, 0.2) is 4.77 Å². The van der Waals surface area contributed by atoms with Crippen LogP contribution in [0.5, 0.6) is 0 Å². The van der Waals surface area contributed by atoms with Gasteiger partial charge in [0, 0.05) is 32.1 Å². The van der Waals surface area contributed by atoms with Gasteiger partial charge < -0.3 is 5.32 Å². The summed E-state index contributed by atoms with van der Waals surface area (Å²) in [5, 5.41) is 10.0. The normalized spacial score (nSPS) is 15.5. The predicted octanol–water partition coefficient (Wildman–Crippen LogP) is 2.46. The number of hydrogen-bond donors (Lipinski definition) is 2. The number of nitrogens with zero attached hydrogens (tertiary/aromatic N) is 3. The highest BCUT2D eigenvalue weighted by atomic mass is 32.1. The number of aryl methyl sites for hydroxylation is 1. The molecule has 7 heteroatoms. The number of benzene rings is 1. The third-order valence-corrected chi connectivity index (χ3v) is 5.30. The van der Waals surface area contributed by atoms with Crippen LogP contribution in [0, 0.1) is 4.77 Å². The number of carbonyl (C=O) groups excluding carboxylic acids is 1. The molecule has 1 aromatic carbocycles. The zero-order chi connectivity index (χ0) is 18.5. The number of amides is 1. The molecule has 1 aliphatic heterocycles. The third-order valence-electron chi connectivity index (χ3n) is 4.99. The summed E-state index contributed by atoms with van der Waals surface area (Å²) in [7, 11) is 0. The van der Waals surface area contributed by atoms with Gasteiger partial charge in [-0.25, -0.2) is 0 Å². The van der Waals surface area contributed by atoms with Crippen LogP contribution < -0.4 is 5.32 Å². The van der Waals surface area contributed by atoms with Gasteiger partial charge >= 0.3 is 0 Å². The zero-order valence-corrected chi connectivity index (χ0v) is 16.3. The summed E-state index contributed by atoms with van der Waals surface area (Å²) in [4.78, 5) is 14.8. The summed E-state index contributed by atoms with van der Waals surface area (Å²) < 4.78 is 2.29. The molecule has 26 heavy (non-hydrogen) atoms. The molecule has 0 bridgehead atoms. The van der Waals surface area contributed by atoms with E-state index in [1.165, 1.54) is 11.1 Å². The predicted molar refractivity (Wildman–Crippen MR) is 104 cm³/mol. The quantitative estimate of drug-likeness (QED) is 0.732. The Morgan fingerprint density at radius 1 is 1.38 bits per heavy atom. The van der Waals surface area contributed by atoms with E-state index in [1.807, 2.05) is 0 Å². The van der Waals surface area contributed by atoms with Gasteiger partial charge in [0.05, 0.1) is 0 Å². The van der Waals surface area contributed by atoms with E-state index in [1.54, 1.807) is 4.57 Å². The Kier molecular flexibility index (Phi) is 6.21. The minimum Gasteiger partial charge on any atom is -0.353 e. The van der Waals surface area contributed by atoms with E-state index in [-0.39, 0.29) is 12.5 Å². The molecule has 0 aliphatic carbocycles. The van der Waals surface area contributed by atoms with Crippen LogP contribution in [0.2, 0.25) is 0 Å². The fourth-order valence-corrected chi connectivity index (χ4v) is 3.63. The highest BCUT2D eigenvalue weighted by Crippen LogP contribution is 2.19. The van der Waals surface area contributed by atoms with Gasteiger partial charge in [-0.2, -0.15) is 5.10 Å².